The highest BCUT2D eigenvalue weighted by Crippen LogP contribution is 2.35. The number of hydrogen-bond donors (Lipinski definition) is 4. The van der Waals surface area contributed by atoms with E-state index in [-0.39, 0.29) is 31.1 Å². The fraction of sp³-hybridized carbons (Fsp3) is 0.476. The molecule has 3 amide bonds. The maximum Gasteiger partial charge on any atom is 0.319 e. The van der Waals surface area contributed by atoms with Crippen molar-refractivity contribution < 1.29 is 28.6 Å². The predicted molar refractivity (Wildman–Crippen MR) is 111 cm³/mol. The van der Waals surface area contributed by atoms with Crippen molar-refractivity contribution in [2.24, 2.45) is 7.05 Å². The highest BCUT2D eigenvalue weighted by atomic mass is 19.1. The summed E-state index contributed by atoms with van der Waals surface area (Å²) in [6, 6.07) is 4.89. The second-order valence-electron chi connectivity index (χ2n) is 8.01. The molecule has 172 valence electrons. The highest BCUT2D eigenvalue weighted by molar-refractivity contribution is 5.89. The number of amides is 3. The summed E-state index contributed by atoms with van der Waals surface area (Å²) in [5.74, 6) is -0.543. The van der Waals surface area contributed by atoms with Crippen LogP contribution in [0.4, 0.5) is 14.9 Å². The summed E-state index contributed by atoms with van der Waals surface area (Å²) >= 11 is 0. The van der Waals surface area contributed by atoms with Crippen LogP contribution in [0.2, 0.25) is 0 Å². The second-order valence-corrected chi connectivity index (χ2v) is 8.01. The Morgan fingerprint density at radius 3 is 2.72 bits per heavy atom. The number of benzene rings is 1. The lowest BCUT2D eigenvalue weighted by Gasteiger charge is -2.20. The Hall–Kier alpha value is -3.02. The fourth-order valence-corrected chi connectivity index (χ4v) is 3.95. The van der Waals surface area contributed by atoms with Crippen molar-refractivity contribution in [1.29, 1.82) is 0 Å². The molecule has 5 unspecified atom stereocenters. The second kappa shape index (κ2) is 9.63. The summed E-state index contributed by atoms with van der Waals surface area (Å²) in [6.45, 7) is 0.472. The van der Waals surface area contributed by atoms with Gasteiger partial charge in [-0.05, 0) is 24.3 Å². The number of nitrogens with one attached hydrogen (secondary N) is 3. The van der Waals surface area contributed by atoms with Gasteiger partial charge in [0.2, 0.25) is 5.91 Å². The van der Waals surface area contributed by atoms with E-state index in [4.69, 9.17) is 9.47 Å². The first kappa shape index (κ1) is 22.2. The number of aryl methyl sites for hydroxylation is 1. The zero-order valence-electron chi connectivity index (χ0n) is 17.5. The first-order valence-electron chi connectivity index (χ1n) is 10.4. The minimum atomic E-state index is -0.922. The largest absolute Gasteiger partial charge is 0.388 e. The van der Waals surface area contributed by atoms with Gasteiger partial charge in [-0.1, -0.05) is 0 Å². The quantitative estimate of drug-likeness (QED) is 0.494. The van der Waals surface area contributed by atoms with Crippen LogP contribution in [0, 0.1) is 5.82 Å². The van der Waals surface area contributed by atoms with Gasteiger partial charge in [-0.3, -0.25) is 9.48 Å². The number of aliphatic hydroxyl groups excluding tert-OH is 1. The number of rotatable bonds is 7. The molecule has 2 fully saturated rings. The van der Waals surface area contributed by atoms with Crippen molar-refractivity contribution in [3.63, 3.8) is 0 Å². The van der Waals surface area contributed by atoms with Crippen molar-refractivity contribution in [3.05, 3.63) is 48.0 Å². The molecular formula is C21H26FN5O5. The Kier molecular flexibility index (Phi) is 6.68. The van der Waals surface area contributed by atoms with E-state index in [9.17, 15) is 19.1 Å². The first-order valence-corrected chi connectivity index (χ1v) is 10.4. The van der Waals surface area contributed by atoms with Gasteiger partial charge in [-0.15, -0.1) is 0 Å². The molecule has 3 heterocycles. The van der Waals surface area contributed by atoms with Crippen LogP contribution in [0.1, 0.15) is 18.4 Å². The van der Waals surface area contributed by atoms with Crippen molar-refractivity contribution >= 4 is 17.6 Å². The Bertz CT molecular complexity index is 952. The number of halogens is 1. The summed E-state index contributed by atoms with van der Waals surface area (Å²) in [6.07, 6.45) is 1.41. The summed E-state index contributed by atoms with van der Waals surface area (Å²) in [5.41, 5.74) is 1.35. The average Bonchev–Trinajstić information content (AvgIpc) is 3.43. The Morgan fingerprint density at radius 1 is 1.25 bits per heavy atom. The van der Waals surface area contributed by atoms with Gasteiger partial charge in [0.05, 0.1) is 24.8 Å². The van der Waals surface area contributed by atoms with Crippen molar-refractivity contribution in [3.8, 4) is 0 Å². The van der Waals surface area contributed by atoms with Gasteiger partial charge >= 0.3 is 6.03 Å². The van der Waals surface area contributed by atoms with E-state index >= 15 is 0 Å². The SMILES string of the molecule is Cn1cc(CNC(=O)CC2CC3OC(CNC(=O)Nc4ccc(F)cc4)C(O)C3O2)cn1. The van der Waals surface area contributed by atoms with Gasteiger partial charge in [-0.25, -0.2) is 9.18 Å². The molecule has 0 spiro atoms. The molecule has 5 atom stereocenters. The van der Waals surface area contributed by atoms with E-state index in [1.54, 1.807) is 10.9 Å². The van der Waals surface area contributed by atoms with Crippen LogP contribution < -0.4 is 16.0 Å². The molecule has 2 aliphatic heterocycles. The molecule has 4 rings (SSSR count). The Labute approximate surface area is 184 Å². The van der Waals surface area contributed by atoms with Crippen molar-refractivity contribution in [1.82, 2.24) is 20.4 Å². The van der Waals surface area contributed by atoms with Crippen LogP contribution in [0.15, 0.2) is 36.7 Å². The van der Waals surface area contributed by atoms with Gasteiger partial charge < -0.3 is 30.5 Å². The van der Waals surface area contributed by atoms with E-state index in [0.29, 0.717) is 18.7 Å². The zero-order chi connectivity index (χ0) is 22.7. The van der Waals surface area contributed by atoms with E-state index < -0.39 is 30.2 Å². The van der Waals surface area contributed by atoms with Gasteiger partial charge in [0.25, 0.3) is 0 Å². The number of nitrogens with zero attached hydrogens (tertiary/aromatic N) is 2. The molecule has 0 aliphatic carbocycles. The topological polar surface area (TPSA) is 127 Å². The lowest BCUT2D eigenvalue weighted by Crippen LogP contribution is -2.42. The van der Waals surface area contributed by atoms with Crippen molar-refractivity contribution in [2.45, 2.75) is 49.9 Å². The third kappa shape index (κ3) is 5.42. The molecule has 4 N–H and O–H groups in total. The van der Waals surface area contributed by atoms with E-state index in [1.807, 2.05) is 13.2 Å². The smallest absolute Gasteiger partial charge is 0.319 e. The summed E-state index contributed by atoms with van der Waals surface area (Å²) < 4.78 is 26.3. The molecule has 0 radical (unpaired) electrons. The maximum absolute atomic E-state index is 12.9. The summed E-state index contributed by atoms with van der Waals surface area (Å²) in [7, 11) is 1.81. The van der Waals surface area contributed by atoms with E-state index in [1.165, 1.54) is 24.3 Å². The lowest BCUT2D eigenvalue weighted by atomic mass is 10.1. The third-order valence-corrected chi connectivity index (χ3v) is 5.51. The van der Waals surface area contributed by atoms with Gasteiger partial charge in [-0.2, -0.15) is 5.10 Å². The van der Waals surface area contributed by atoms with Crippen LogP contribution in [0.3, 0.4) is 0 Å². The van der Waals surface area contributed by atoms with Gasteiger partial charge in [0.1, 0.15) is 24.1 Å². The Balaban J connectivity index is 1.17. The molecule has 1 aromatic carbocycles. The maximum atomic E-state index is 12.9. The van der Waals surface area contributed by atoms with Gasteiger partial charge in [0.15, 0.2) is 0 Å². The van der Waals surface area contributed by atoms with Crippen molar-refractivity contribution in [2.75, 3.05) is 11.9 Å². The minimum Gasteiger partial charge on any atom is -0.388 e. The molecule has 2 saturated heterocycles. The lowest BCUT2D eigenvalue weighted by molar-refractivity contribution is -0.124. The number of fused-ring (bicyclic) bond motifs is 1. The molecular weight excluding hydrogens is 421 g/mol. The van der Waals surface area contributed by atoms with Crippen LogP contribution in [-0.4, -0.2) is 63.9 Å². The molecule has 1 aromatic heterocycles. The van der Waals surface area contributed by atoms with Gasteiger partial charge in [0, 0.05) is 44.0 Å². The molecule has 0 bridgehead atoms. The molecule has 32 heavy (non-hydrogen) atoms. The van der Waals surface area contributed by atoms with Crippen LogP contribution in [0.5, 0.6) is 0 Å². The van der Waals surface area contributed by atoms with E-state index in [2.05, 4.69) is 21.0 Å². The molecule has 2 aromatic rings. The first-order chi connectivity index (χ1) is 15.4. The molecule has 2 aliphatic rings. The molecule has 0 saturated carbocycles. The van der Waals surface area contributed by atoms with E-state index in [0.717, 1.165) is 5.56 Å². The number of carbonyl (C=O) groups excluding carboxylic acids is 2. The number of aromatic nitrogens is 2. The minimum absolute atomic E-state index is 0.0841. The number of anilines is 1. The number of urea groups is 1. The summed E-state index contributed by atoms with van der Waals surface area (Å²) in [5, 5.41) is 22.6. The van der Waals surface area contributed by atoms with Crippen LogP contribution in [0.25, 0.3) is 0 Å². The normalized spacial score (nSPS) is 26.5. The van der Waals surface area contributed by atoms with Crippen LogP contribution >= 0.6 is 0 Å². The highest BCUT2D eigenvalue weighted by Gasteiger charge is 2.50. The average molecular weight is 447 g/mol. The fourth-order valence-electron chi connectivity index (χ4n) is 3.95. The monoisotopic (exact) mass is 447 g/mol. The summed E-state index contributed by atoms with van der Waals surface area (Å²) in [4.78, 5) is 24.2. The molecule has 10 nitrogen and oxygen atoms in total. The van der Waals surface area contributed by atoms with Crippen LogP contribution in [-0.2, 0) is 27.9 Å². The number of hydrogen-bond acceptors (Lipinski definition) is 6. The Morgan fingerprint density at radius 2 is 2.03 bits per heavy atom. The third-order valence-electron chi connectivity index (χ3n) is 5.51. The zero-order valence-corrected chi connectivity index (χ0v) is 17.5. The number of carbonyl (C=O) groups is 2. The number of ether oxygens (including phenoxy) is 2. The predicted octanol–water partition coefficient (Wildman–Crippen LogP) is 0.673. The number of aliphatic hydroxyl groups is 1. The standard InChI is InChI=1S/C21H26FN5O5/c1-27-11-12(9-25-27)8-23-18(28)7-15-6-16-20(31-15)19(29)17(32-16)10-24-21(30)26-14-4-2-13(22)3-5-14/h2-5,9,11,15-17,19-20,29H,6-8,10H2,1H3,(H,23,28)(H2,24,26,30). The molecule has 11 heteroatoms.